The molecule has 2 heterocycles. The quantitative estimate of drug-likeness (QED) is 0.548. The van der Waals surface area contributed by atoms with Crippen molar-refractivity contribution in [1.82, 2.24) is 10.6 Å². The average Bonchev–Trinajstić information content (AvgIpc) is 2.22. The van der Waals surface area contributed by atoms with Gasteiger partial charge in [-0.3, -0.25) is 4.79 Å². The average molecular weight is 177 g/mol. The third kappa shape index (κ3) is 1.84. The van der Waals surface area contributed by atoms with Gasteiger partial charge in [0.1, 0.15) is 0 Å². The van der Waals surface area contributed by atoms with E-state index in [2.05, 4.69) is 10.6 Å². The van der Waals surface area contributed by atoms with Gasteiger partial charge in [0.15, 0.2) is 0 Å². The summed E-state index contributed by atoms with van der Waals surface area (Å²) in [5.41, 5.74) is 0. The van der Waals surface area contributed by atoms with E-state index in [0.717, 1.165) is 6.54 Å². The van der Waals surface area contributed by atoms with E-state index in [4.69, 9.17) is 0 Å². The largest absolute Gasteiger partial charge is 0.354 e. The first-order valence-corrected chi connectivity index (χ1v) is 3.87. The zero-order valence-corrected chi connectivity index (χ0v) is 7.12. The van der Waals surface area contributed by atoms with Crippen molar-refractivity contribution >= 4 is 18.3 Å². The molecule has 2 aliphatic rings. The van der Waals surface area contributed by atoms with Crippen LogP contribution in [0.2, 0.25) is 0 Å². The molecule has 3 nitrogen and oxygen atoms in total. The van der Waals surface area contributed by atoms with Crippen LogP contribution >= 0.6 is 12.4 Å². The summed E-state index contributed by atoms with van der Waals surface area (Å²) in [6, 6.07) is 1.02. The van der Waals surface area contributed by atoms with Gasteiger partial charge in [-0.2, -0.15) is 0 Å². The number of rotatable bonds is 0. The highest BCUT2D eigenvalue weighted by molar-refractivity contribution is 5.85. The zero-order chi connectivity index (χ0) is 6.97. The smallest absolute Gasteiger partial charge is 0.221 e. The fourth-order valence-corrected chi connectivity index (χ4v) is 1.76. The molecule has 1 amide bonds. The Morgan fingerprint density at radius 3 is 2.82 bits per heavy atom. The number of hydrogen-bond donors (Lipinski definition) is 2. The van der Waals surface area contributed by atoms with Gasteiger partial charge in [-0.15, -0.1) is 12.4 Å². The minimum Gasteiger partial charge on any atom is -0.354 e. The molecule has 0 radical (unpaired) electrons. The summed E-state index contributed by atoms with van der Waals surface area (Å²) in [6.07, 6.45) is 3.08. The third-order valence-electron chi connectivity index (χ3n) is 2.31. The number of hydrogen-bond acceptors (Lipinski definition) is 2. The normalized spacial score (nSPS) is 35.5. The number of fused-ring (bicyclic) bond motifs is 2. The molecular weight excluding hydrogens is 164 g/mol. The first-order chi connectivity index (χ1) is 4.84. The second-order valence-corrected chi connectivity index (χ2v) is 3.15. The molecule has 2 atom stereocenters. The van der Waals surface area contributed by atoms with Crippen molar-refractivity contribution in [2.24, 2.45) is 0 Å². The van der Waals surface area contributed by atoms with Crippen LogP contribution in [0.5, 0.6) is 0 Å². The SMILES string of the molecule is Cl.O=C1CC2CCC(CN1)N2. The van der Waals surface area contributed by atoms with Crippen molar-refractivity contribution in [3.63, 3.8) is 0 Å². The predicted octanol–water partition coefficient (Wildman–Crippen LogP) is 0.0487. The maximum absolute atomic E-state index is 10.9. The molecule has 2 unspecified atom stereocenters. The van der Waals surface area contributed by atoms with E-state index >= 15 is 0 Å². The van der Waals surface area contributed by atoms with Crippen molar-refractivity contribution in [2.75, 3.05) is 6.54 Å². The van der Waals surface area contributed by atoms with Gasteiger partial charge >= 0.3 is 0 Å². The monoisotopic (exact) mass is 176 g/mol. The molecule has 2 rings (SSSR count). The molecule has 11 heavy (non-hydrogen) atoms. The molecular formula is C7H13ClN2O. The Morgan fingerprint density at radius 1 is 1.27 bits per heavy atom. The van der Waals surface area contributed by atoms with Crippen molar-refractivity contribution < 1.29 is 4.79 Å². The molecule has 2 N–H and O–H groups in total. The second-order valence-electron chi connectivity index (χ2n) is 3.15. The highest BCUT2D eigenvalue weighted by Crippen LogP contribution is 2.16. The number of halogens is 1. The van der Waals surface area contributed by atoms with Gasteiger partial charge in [0, 0.05) is 25.0 Å². The van der Waals surface area contributed by atoms with Crippen LogP contribution in [0, 0.1) is 0 Å². The van der Waals surface area contributed by atoms with Gasteiger partial charge in [-0.05, 0) is 12.8 Å². The van der Waals surface area contributed by atoms with Crippen molar-refractivity contribution in [3.05, 3.63) is 0 Å². The summed E-state index contributed by atoms with van der Waals surface area (Å²) in [7, 11) is 0. The molecule has 0 aromatic heterocycles. The topological polar surface area (TPSA) is 41.1 Å². The molecule has 2 saturated heterocycles. The number of carbonyl (C=O) groups is 1. The molecule has 0 aliphatic carbocycles. The first kappa shape index (κ1) is 8.81. The lowest BCUT2D eigenvalue weighted by atomic mass is 10.1. The molecule has 0 saturated carbocycles. The predicted molar refractivity (Wildman–Crippen MR) is 44.8 cm³/mol. The fraction of sp³-hybridized carbons (Fsp3) is 0.857. The van der Waals surface area contributed by atoms with Gasteiger partial charge in [0.05, 0.1) is 0 Å². The third-order valence-corrected chi connectivity index (χ3v) is 2.31. The van der Waals surface area contributed by atoms with Crippen LogP contribution in [-0.4, -0.2) is 24.5 Å². The lowest BCUT2D eigenvalue weighted by molar-refractivity contribution is -0.121. The Labute approximate surface area is 72.3 Å². The van der Waals surface area contributed by atoms with Gasteiger partial charge in [-0.1, -0.05) is 0 Å². The standard InChI is InChI=1S/C7H12N2O.ClH/c10-7-3-5-1-2-6(9-5)4-8-7;/h5-6,9H,1-4H2,(H,8,10);1H. The number of nitrogens with one attached hydrogen (secondary N) is 2. The van der Waals surface area contributed by atoms with Crippen LogP contribution < -0.4 is 10.6 Å². The van der Waals surface area contributed by atoms with Crippen LogP contribution in [0.4, 0.5) is 0 Å². The van der Waals surface area contributed by atoms with E-state index in [1.54, 1.807) is 0 Å². The molecule has 0 aromatic carbocycles. The highest BCUT2D eigenvalue weighted by Gasteiger charge is 2.28. The Hall–Kier alpha value is -0.280. The summed E-state index contributed by atoms with van der Waals surface area (Å²) in [6.45, 7) is 0.829. The molecule has 2 bridgehead atoms. The van der Waals surface area contributed by atoms with Gasteiger partial charge < -0.3 is 10.6 Å². The molecule has 64 valence electrons. The van der Waals surface area contributed by atoms with Crippen molar-refractivity contribution in [3.8, 4) is 0 Å². The van der Waals surface area contributed by atoms with Crippen LogP contribution in [0.15, 0.2) is 0 Å². The Kier molecular flexibility index (Phi) is 2.73. The summed E-state index contributed by atoms with van der Waals surface area (Å²) in [5.74, 6) is 0.208. The van der Waals surface area contributed by atoms with E-state index in [1.165, 1.54) is 12.8 Å². The molecule has 0 spiro atoms. The Balaban J connectivity index is 0.000000605. The van der Waals surface area contributed by atoms with Gasteiger partial charge in [0.25, 0.3) is 0 Å². The second kappa shape index (κ2) is 3.41. The van der Waals surface area contributed by atoms with E-state index < -0.39 is 0 Å². The lowest BCUT2D eigenvalue weighted by Gasteiger charge is -2.06. The Bertz CT molecular complexity index is 163. The zero-order valence-electron chi connectivity index (χ0n) is 6.30. The first-order valence-electron chi connectivity index (χ1n) is 3.87. The fourth-order valence-electron chi connectivity index (χ4n) is 1.76. The van der Waals surface area contributed by atoms with Gasteiger partial charge in [-0.25, -0.2) is 0 Å². The van der Waals surface area contributed by atoms with E-state index in [1.807, 2.05) is 0 Å². The summed E-state index contributed by atoms with van der Waals surface area (Å²) < 4.78 is 0. The summed E-state index contributed by atoms with van der Waals surface area (Å²) >= 11 is 0. The number of amides is 1. The van der Waals surface area contributed by atoms with Crippen LogP contribution in [0.1, 0.15) is 19.3 Å². The van der Waals surface area contributed by atoms with Gasteiger partial charge in [0.2, 0.25) is 5.91 Å². The molecule has 4 heteroatoms. The van der Waals surface area contributed by atoms with E-state index in [-0.39, 0.29) is 18.3 Å². The minimum atomic E-state index is 0. The van der Waals surface area contributed by atoms with Crippen LogP contribution in [0.3, 0.4) is 0 Å². The summed E-state index contributed by atoms with van der Waals surface area (Å²) in [4.78, 5) is 10.9. The van der Waals surface area contributed by atoms with Crippen molar-refractivity contribution in [2.45, 2.75) is 31.3 Å². The molecule has 2 aliphatic heterocycles. The lowest BCUT2D eigenvalue weighted by Crippen LogP contribution is -2.33. The highest BCUT2D eigenvalue weighted by atomic mass is 35.5. The Morgan fingerprint density at radius 2 is 2.00 bits per heavy atom. The molecule has 2 fully saturated rings. The number of carbonyl (C=O) groups excluding carboxylic acids is 1. The van der Waals surface area contributed by atoms with Crippen molar-refractivity contribution in [1.29, 1.82) is 0 Å². The summed E-state index contributed by atoms with van der Waals surface area (Å²) in [5, 5.41) is 6.27. The minimum absolute atomic E-state index is 0. The van der Waals surface area contributed by atoms with Crippen LogP contribution in [-0.2, 0) is 4.79 Å². The van der Waals surface area contributed by atoms with E-state index in [0.29, 0.717) is 18.5 Å². The maximum atomic E-state index is 10.9. The van der Waals surface area contributed by atoms with E-state index in [9.17, 15) is 4.79 Å². The maximum Gasteiger partial charge on any atom is 0.221 e. The molecule has 0 aromatic rings. The van der Waals surface area contributed by atoms with Crippen LogP contribution in [0.25, 0.3) is 0 Å².